The van der Waals surface area contributed by atoms with Crippen LogP contribution in [0.2, 0.25) is 0 Å². The number of benzene rings is 1. The van der Waals surface area contributed by atoms with Crippen LogP contribution in [0.25, 0.3) is 11.5 Å². The van der Waals surface area contributed by atoms with Crippen LogP contribution < -0.4 is 4.90 Å². The van der Waals surface area contributed by atoms with Gasteiger partial charge in [0.05, 0.1) is 5.25 Å². The van der Waals surface area contributed by atoms with Crippen molar-refractivity contribution in [1.82, 2.24) is 15.1 Å². The molecule has 0 spiro atoms. The van der Waals surface area contributed by atoms with Crippen LogP contribution in [0.3, 0.4) is 0 Å². The molecule has 1 atom stereocenters. The van der Waals surface area contributed by atoms with Crippen LogP contribution in [0.5, 0.6) is 0 Å². The summed E-state index contributed by atoms with van der Waals surface area (Å²) in [4.78, 5) is 16.6. The van der Waals surface area contributed by atoms with Gasteiger partial charge in [0.2, 0.25) is 11.8 Å². The lowest BCUT2D eigenvalue weighted by Gasteiger charge is -2.20. The number of carbonyl (C=O) groups is 1. The fraction of sp³-hybridized carbons (Fsp3) is 0.526. The second-order valence-electron chi connectivity index (χ2n) is 6.38. The van der Waals surface area contributed by atoms with E-state index in [4.69, 9.17) is 4.42 Å². The Hall–Kier alpha value is -2.02. The van der Waals surface area contributed by atoms with Gasteiger partial charge in [-0.05, 0) is 57.9 Å². The van der Waals surface area contributed by atoms with Crippen LogP contribution in [-0.2, 0) is 4.79 Å². The standard InChI is InChI=1S/C19H26N4O2S/c1-4-22(5-2)16-10-8-15(9-11-16)17-20-21-19(25-17)26-14(3)18(24)23-12-6-7-13-23/h8-11,14H,4-7,12-13H2,1-3H3. The van der Waals surface area contributed by atoms with Crippen LogP contribution in [-0.4, -0.2) is 52.4 Å². The summed E-state index contributed by atoms with van der Waals surface area (Å²) in [5.41, 5.74) is 2.07. The summed E-state index contributed by atoms with van der Waals surface area (Å²) in [6, 6.07) is 8.13. The van der Waals surface area contributed by atoms with Crippen LogP contribution in [0.15, 0.2) is 33.9 Å². The summed E-state index contributed by atoms with van der Waals surface area (Å²) in [6.07, 6.45) is 2.19. The maximum absolute atomic E-state index is 12.4. The number of hydrogen-bond donors (Lipinski definition) is 0. The fourth-order valence-electron chi connectivity index (χ4n) is 3.17. The predicted molar refractivity (Wildman–Crippen MR) is 104 cm³/mol. The number of likely N-dealkylation sites (tertiary alicyclic amines) is 1. The number of carbonyl (C=O) groups excluding carboxylic acids is 1. The lowest BCUT2D eigenvalue weighted by atomic mass is 10.2. The van der Waals surface area contributed by atoms with Gasteiger partial charge in [-0.25, -0.2) is 0 Å². The third kappa shape index (κ3) is 4.20. The molecule has 140 valence electrons. The highest BCUT2D eigenvalue weighted by molar-refractivity contribution is 8.00. The van der Waals surface area contributed by atoms with Crippen molar-refractivity contribution >= 4 is 23.4 Å². The largest absolute Gasteiger partial charge is 0.411 e. The van der Waals surface area contributed by atoms with E-state index in [0.29, 0.717) is 11.1 Å². The number of aromatic nitrogens is 2. The Labute approximate surface area is 159 Å². The molecule has 1 saturated heterocycles. The maximum Gasteiger partial charge on any atom is 0.277 e. The number of amides is 1. The zero-order valence-corrected chi connectivity index (χ0v) is 16.5. The molecule has 1 aliphatic heterocycles. The van der Waals surface area contributed by atoms with E-state index in [0.717, 1.165) is 44.6 Å². The van der Waals surface area contributed by atoms with Crippen molar-refractivity contribution in [2.75, 3.05) is 31.1 Å². The minimum absolute atomic E-state index is 0.149. The van der Waals surface area contributed by atoms with E-state index < -0.39 is 0 Å². The summed E-state index contributed by atoms with van der Waals surface area (Å²) < 4.78 is 5.76. The van der Waals surface area contributed by atoms with Crippen molar-refractivity contribution < 1.29 is 9.21 Å². The van der Waals surface area contributed by atoms with E-state index in [1.165, 1.54) is 17.4 Å². The number of anilines is 1. The van der Waals surface area contributed by atoms with Gasteiger partial charge in [-0.15, -0.1) is 10.2 Å². The van der Waals surface area contributed by atoms with Crippen molar-refractivity contribution in [3.63, 3.8) is 0 Å². The van der Waals surface area contributed by atoms with Crippen LogP contribution in [0.4, 0.5) is 5.69 Å². The van der Waals surface area contributed by atoms with Crippen LogP contribution >= 0.6 is 11.8 Å². The maximum atomic E-state index is 12.4. The Morgan fingerprint density at radius 2 is 1.85 bits per heavy atom. The van der Waals surface area contributed by atoms with Gasteiger partial charge in [-0.3, -0.25) is 4.79 Å². The van der Waals surface area contributed by atoms with Gasteiger partial charge in [0.1, 0.15) is 0 Å². The van der Waals surface area contributed by atoms with E-state index >= 15 is 0 Å². The Morgan fingerprint density at radius 3 is 2.46 bits per heavy atom. The van der Waals surface area contributed by atoms with Crippen molar-refractivity contribution in [3.05, 3.63) is 24.3 Å². The molecular weight excluding hydrogens is 348 g/mol. The SMILES string of the molecule is CCN(CC)c1ccc(-c2nnc(SC(C)C(=O)N3CCCC3)o2)cc1. The molecule has 7 heteroatoms. The van der Waals surface area contributed by atoms with Crippen LogP contribution in [0, 0.1) is 0 Å². The summed E-state index contributed by atoms with van der Waals surface area (Å²) in [6.45, 7) is 9.84. The molecule has 1 unspecified atom stereocenters. The first-order valence-corrected chi connectivity index (χ1v) is 10.1. The van der Waals surface area contributed by atoms with E-state index in [-0.39, 0.29) is 11.2 Å². The highest BCUT2D eigenvalue weighted by atomic mass is 32.2. The Balaban J connectivity index is 1.64. The molecule has 0 saturated carbocycles. The molecule has 0 aliphatic carbocycles. The normalized spacial score (nSPS) is 15.3. The average molecular weight is 375 g/mol. The monoisotopic (exact) mass is 374 g/mol. The molecule has 1 aliphatic rings. The van der Waals surface area contributed by atoms with Crippen LogP contribution in [0.1, 0.15) is 33.6 Å². The zero-order chi connectivity index (χ0) is 18.5. The number of nitrogens with zero attached hydrogens (tertiary/aromatic N) is 4. The average Bonchev–Trinajstić information content (AvgIpc) is 3.35. The summed E-state index contributed by atoms with van der Waals surface area (Å²) in [7, 11) is 0. The molecule has 26 heavy (non-hydrogen) atoms. The van der Waals surface area contributed by atoms with E-state index in [9.17, 15) is 4.79 Å². The molecule has 0 radical (unpaired) electrons. The van der Waals surface area contributed by atoms with Crippen molar-refractivity contribution in [1.29, 1.82) is 0 Å². The van der Waals surface area contributed by atoms with E-state index in [1.54, 1.807) is 0 Å². The minimum atomic E-state index is -0.216. The highest BCUT2D eigenvalue weighted by Crippen LogP contribution is 2.28. The number of rotatable bonds is 7. The minimum Gasteiger partial charge on any atom is -0.411 e. The Kier molecular flexibility index (Phi) is 6.19. The predicted octanol–water partition coefficient (Wildman–Crippen LogP) is 3.69. The molecule has 1 amide bonds. The number of hydrogen-bond acceptors (Lipinski definition) is 6. The zero-order valence-electron chi connectivity index (χ0n) is 15.6. The molecule has 6 nitrogen and oxygen atoms in total. The molecule has 2 aromatic rings. The molecule has 1 aromatic carbocycles. The first-order chi connectivity index (χ1) is 12.6. The summed E-state index contributed by atoms with van der Waals surface area (Å²) >= 11 is 1.33. The fourth-order valence-corrected chi connectivity index (χ4v) is 3.94. The molecule has 0 N–H and O–H groups in total. The lowest BCUT2D eigenvalue weighted by Crippen LogP contribution is -2.34. The first-order valence-electron chi connectivity index (χ1n) is 9.26. The first kappa shape index (κ1) is 18.8. The van der Waals surface area contributed by atoms with Gasteiger partial charge in [0.15, 0.2) is 0 Å². The van der Waals surface area contributed by atoms with Gasteiger partial charge in [-0.1, -0.05) is 11.8 Å². The Morgan fingerprint density at radius 1 is 1.19 bits per heavy atom. The molecule has 1 fully saturated rings. The third-order valence-corrected chi connectivity index (χ3v) is 5.61. The molecule has 3 rings (SSSR count). The summed E-state index contributed by atoms with van der Waals surface area (Å²) in [5.74, 6) is 0.634. The van der Waals surface area contributed by atoms with Crippen molar-refractivity contribution in [2.24, 2.45) is 0 Å². The third-order valence-electron chi connectivity index (χ3n) is 4.69. The van der Waals surface area contributed by atoms with Gasteiger partial charge in [-0.2, -0.15) is 0 Å². The van der Waals surface area contributed by atoms with Gasteiger partial charge >= 0.3 is 0 Å². The second-order valence-corrected chi connectivity index (χ2v) is 7.68. The van der Waals surface area contributed by atoms with Gasteiger partial charge in [0, 0.05) is 37.4 Å². The number of thioether (sulfide) groups is 1. The van der Waals surface area contributed by atoms with E-state index in [1.807, 2.05) is 24.0 Å². The van der Waals surface area contributed by atoms with Gasteiger partial charge in [0.25, 0.3) is 5.22 Å². The quantitative estimate of drug-likeness (QED) is 0.689. The molecule has 0 bridgehead atoms. The topological polar surface area (TPSA) is 62.5 Å². The van der Waals surface area contributed by atoms with Crippen molar-refractivity contribution in [3.8, 4) is 11.5 Å². The van der Waals surface area contributed by atoms with Crippen molar-refractivity contribution in [2.45, 2.75) is 44.1 Å². The summed E-state index contributed by atoms with van der Waals surface area (Å²) in [5, 5.41) is 8.45. The lowest BCUT2D eigenvalue weighted by molar-refractivity contribution is -0.129. The van der Waals surface area contributed by atoms with E-state index in [2.05, 4.69) is 41.1 Å². The Bertz CT molecular complexity index is 721. The van der Waals surface area contributed by atoms with Gasteiger partial charge < -0.3 is 14.2 Å². The second kappa shape index (κ2) is 8.58. The smallest absolute Gasteiger partial charge is 0.277 e. The molecular formula is C19H26N4O2S. The molecule has 1 aromatic heterocycles. The highest BCUT2D eigenvalue weighted by Gasteiger charge is 2.25. The molecule has 2 heterocycles.